The number of rotatable bonds is 1. The summed E-state index contributed by atoms with van der Waals surface area (Å²) < 4.78 is 0. The van der Waals surface area contributed by atoms with Gasteiger partial charge in [-0.05, 0) is 39.2 Å². The van der Waals surface area contributed by atoms with Crippen LogP contribution in [-0.4, -0.2) is 29.1 Å². The van der Waals surface area contributed by atoms with Crippen molar-refractivity contribution in [3.63, 3.8) is 0 Å². The normalized spacial score (nSPS) is 27.1. The maximum atomic E-state index is 3.90. The topological polar surface area (TPSA) is 15.3 Å². The Morgan fingerprint density at radius 3 is 2.35 bits per heavy atom. The van der Waals surface area contributed by atoms with E-state index < -0.39 is 0 Å². The third-order valence-corrected chi connectivity index (χ3v) is 5.13. The molecule has 1 spiro atoms. The van der Waals surface area contributed by atoms with E-state index in [0.717, 1.165) is 6.54 Å². The molecule has 1 aromatic carbocycles. The summed E-state index contributed by atoms with van der Waals surface area (Å²) in [5.74, 6) is 0. The molecule has 2 nitrogen and oxygen atoms in total. The highest BCUT2D eigenvalue weighted by molar-refractivity contribution is 5.22. The van der Waals surface area contributed by atoms with Crippen molar-refractivity contribution >= 4 is 0 Å². The molecule has 110 valence electrons. The van der Waals surface area contributed by atoms with E-state index >= 15 is 0 Å². The van der Waals surface area contributed by atoms with Crippen molar-refractivity contribution in [1.29, 1.82) is 0 Å². The van der Waals surface area contributed by atoms with Crippen molar-refractivity contribution in [3.8, 4) is 0 Å². The van der Waals surface area contributed by atoms with Crippen molar-refractivity contribution < 1.29 is 0 Å². The van der Waals surface area contributed by atoms with Gasteiger partial charge in [-0.25, -0.2) is 0 Å². The molecule has 1 saturated heterocycles. The second-order valence-corrected chi connectivity index (χ2v) is 7.59. The molecule has 0 radical (unpaired) electrons. The molecule has 1 heterocycles. The van der Waals surface area contributed by atoms with E-state index in [2.05, 4.69) is 61.3 Å². The summed E-state index contributed by atoms with van der Waals surface area (Å²) in [5, 5.41) is 3.90. The Hall–Kier alpha value is -0.860. The van der Waals surface area contributed by atoms with Crippen LogP contribution in [0, 0.1) is 0 Å². The van der Waals surface area contributed by atoms with Crippen LogP contribution in [0.15, 0.2) is 30.3 Å². The summed E-state index contributed by atoms with van der Waals surface area (Å²) in [6.45, 7) is 9.35. The smallest absolute Gasteiger partial charge is 0.0478 e. The van der Waals surface area contributed by atoms with Crippen LogP contribution < -0.4 is 5.32 Å². The maximum absolute atomic E-state index is 3.90. The number of benzene rings is 1. The Kier molecular flexibility index (Phi) is 3.64. The molecule has 2 fully saturated rings. The molecule has 1 aromatic rings. The summed E-state index contributed by atoms with van der Waals surface area (Å²) in [6, 6.07) is 11.5. The molecule has 0 bridgehead atoms. The molecule has 2 aliphatic rings. The molecule has 1 unspecified atom stereocenters. The fourth-order valence-corrected chi connectivity index (χ4v) is 3.98. The molecular formula is C18H28N2. The molecule has 2 heteroatoms. The van der Waals surface area contributed by atoms with Gasteiger partial charge in [-0.3, -0.25) is 4.90 Å². The first-order chi connectivity index (χ1) is 9.50. The third kappa shape index (κ3) is 2.64. The zero-order valence-corrected chi connectivity index (χ0v) is 13.2. The van der Waals surface area contributed by atoms with Crippen LogP contribution >= 0.6 is 0 Å². The Bertz CT molecular complexity index is 440. The molecule has 1 aliphatic heterocycles. The lowest BCUT2D eigenvalue weighted by Crippen LogP contribution is -2.63. The summed E-state index contributed by atoms with van der Waals surface area (Å²) in [4.78, 5) is 2.73. The average Bonchev–Trinajstić information content (AvgIpc) is 2.87. The molecule has 1 aliphatic carbocycles. The highest BCUT2D eigenvalue weighted by Crippen LogP contribution is 2.39. The average molecular weight is 272 g/mol. The molecule has 1 saturated carbocycles. The maximum Gasteiger partial charge on any atom is 0.0478 e. The first-order valence-electron chi connectivity index (χ1n) is 8.07. The van der Waals surface area contributed by atoms with E-state index in [4.69, 9.17) is 0 Å². The second-order valence-electron chi connectivity index (χ2n) is 7.59. The van der Waals surface area contributed by atoms with Crippen molar-refractivity contribution in [2.24, 2.45) is 0 Å². The predicted molar refractivity (Wildman–Crippen MR) is 84.8 cm³/mol. The fraction of sp³-hybridized carbons (Fsp3) is 0.667. The van der Waals surface area contributed by atoms with E-state index in [-0.39, 0.29) is 5.54 Å². The van der Waals surface area contributed by atoms with E-state index in [1.54, 1.807) is 0 Å². The molecule has 0 aromatic heterocycles. The van der Waals surface area contributed by atoms with E-state index in [9.17, 15) is 0 Å². The van der Waals surface area contributed by atoms with Gasteiger partial charge in [-0.2, -0.15) is 0 Å². The Labute approximate surface area is 123 Å². The van der Waals surface area contributed by atoms with Crippen LogP contribution in [-0.2, 0) is 0 Å². The molecule has 1 N–H and O–H groups in total. The van der Waals surface area contributed by atoms with Gasteiger partial charge in [0.15, 0.2) is 0 Å². The minimum absolute atomic E-state index is 0.220. The van der Waals surface area contributed by atoms with Crippen LogP contribution in [0.5, 0.6) is 0 Å². The van der Waals surface area contributed by atoms with E-state index in [1.807, 2.05) is 0 Å². The summed E-state index contributed by atoms with van der Waals surface area (Å²) >= 11 is 0. The van der Waals surface area contributed by atoms with Crippen molar-refractivity contribution in [3.05, 3.63) is 35.9 Å². The highest BCUT2D eigenvalue weighted by Gasteiger charge is 2.44. The van der Waals surface area contributed by atoms with Gasteiger partial charge in [0, 0.05) is 30.2 Å². The molecule has 20 heavy (non-hydrogen) atoms. The lowest BCUT2D eigenvalue weighted by atomic mass is 9.86. The summed E-state index contributed by atoms with van der Waals surface area (Å²) in [5.41, 5.74) is 2.05. The molecular weight excluding hydrogens is 244 g/mol. The van der Waals surface area contributed by atoms with Crippen LogP contribution in [0.4, 0.5) is 0 Å². The van der Waals surface area contributed by atoms with E-state index in [1.165, 1.54) is 37.8 Å². The van der Waals surface area contributed by atoms with Gasteiger partial charge >= 0.3 is 0 Å². The number of nitrogens with zero attached hydrogens (tertiary/aromatic N) is 1. The van der Waals surface area contributed by atoms with Crippen LogP contribution in [0.2, 0.25) is 0 Å². The number of hydrogen-bond donors (Lipinski definition) is 1. The quantitative estimate of drug-likeness (QED) is 0.837. The van der Waals surface area contributed by atoms with Crippen LogP contribution in [0.25, 0.3) is 0 Å². The van der Waals surface area contributed by atoms with Gasteiger partial charge < -0.3 is 5.32 Å². The summed E-state index contributed by atoms with van der Waals surface area (Å²) in [7, 11) is 0. The van der Waals surface area contributed by atoms with Gasteiger partial charge in [0.25, 0.3) is 0 Å². The SMILES string of the molecule is CC(C)(C)N1CC2(CCCC2)NCC1c1ccccc1. The van der Waals surface area contributed by atoms with Gasteiger partial charge in [-0.1, -0.05) is 43.2 Å². The van der Waals surface area contributed by atoms with Crippen LogP contribution in [0.1, 0.15) is 58.1 Å². The number of hydrogen-bond acceptors (Lipinski definition) is 2. The van der Waals surface area contributed by atoms with Gasteiger partial charge in [0.2, 0.25) is 0 Å². The molecule has 0 amide bonds. The minimum atomic E-state index is 0.220. The summed E-state index contributed by atoms with van der Waals surface area (Å²) in [6.07, 6.45) is 5.48. The van der Waals surface area contributed by atoms with Crippen molar-refractivity contribution in [1.82, 2.24) is 10.2 Å². The van der Waals surface area contributed by atoms with Gasteiger partial charge in [0.1, 0.15) is 0 Å². The molecule has 3 rings (SSSR count). The van der Waals surface area contributed by atoms with Crippen molar-refractivity contribution in [2.45, 2.75) is 63.6 Å². The third-order valence-electron chi connectivity index (χ3n) is 5.13. The number of nitrogens with one attached hydrogen (secondary N) is 1. The number of piperazine rings is 1. The molecule has 1 atom stereocenters. The van der Waals surface area contributed by atoms with E-state index in [0.29, 0.717) is 11.6 Å². The first kappa shape index (κ1) is 14.1. The van der Waals surface area contributed by atoms with Crippen LogP contribution in [0.3, 0.4) is 0 Å². The van der Waals surface area contributed by atoms with Gasteiger partial charge in [0.05, 0.1) is 0 Å². The zero-order valence-electron chi connectivity index (χ0n) is 13.2. The minimum Gasteiger partial charge on any atom is -0.308 e. The monoisotopic (exact) mass is 272 g/mol. The zero-order chi connectivity index (χ0) is 14.2. The Balaban J connectivity index is 1.87. The Morgan fingerprint density at radius 2 is 1.75 bits per heavy atom. The predicted octanol–water partition coefficient (Wildman–Crippen LogP) is 3.74. The Morgan fingerprint density at radius 1 is 1.10 bits per heavy atom. The van der Waals surface area contributed by atoms with Gasteiger partial charge in [-0.15, -0.1) is 0 Å². The largest absolute Gasteiger partial charge is 0.308 e. The lowest BCUT2D eigenvalue weighted by Gasteiger charge is -2.52. The second kappa shape index (κ2) is 5.16. The lowest BCUT2D eigenvalue weighted by molar-refractivity contribution is 0.00871. The fourth-order valence-electron chi connectivity index (χ4n) is 3.98. The van der Waals surface area contributed by atoms with Crippen molar-refractivity contribution in [2.75, 3.05) is 13.1 Å². The standard InChI is InChI=1S/C18H28N2/c1-17(2,3)20-14-18(11-7-8-12-18)19-13-16(20)15-9-5-4-6-10-15/h4-6,9-10,16,19H,7-8,11-14H2,1-3H3. The highest BCUT2D eigenvalue weighted by atomic mass is 15.3. The first-order valence-corrected chi connectivity index (χ1v) is 8.07.